The highest BCUT2D eigenvalue weighted by Crippen LogP contribution is 2.29. The van der Waals surface area contributed by atoms with Crippen LogP contribution < -0.4 is 10.6 Å². The Bertz CT molecular complexity index is 917. The summed E-state index contributed by atoms with van der Waals surface area (Å²) in [5.41, 5.74) is 0.278. The van der Waals surface area contributed by atoms with Crippen molar-refractivity contribution < 1.29 is 14.4 Å². The molecule has 6 nitrogen and oxygen atoms in total. The standard InChI is InChI=1S/C20H19BrClN3O3/c1-12(13-3-7-15(21)8-4-13)23-17(26)11-25-18(27)20(2,24-19(25)28)14-5-9-16(22)10-6-14/h3-10,12H,11H2,1-2H3,(H,23,26)(H,24,28). The van der Waals surface area contributed by atoms with E-state index in [2.05, 4.69) is 26.6 Å². The largest absolute Gasteiger partial charge is 0.348 e. The number of nitrogens with one attached hydrogen (secondary N) is 2. The summed E-state index contributed by atoms with van der Waals surface area (Å²) in [6.45, 7) is 3.10. The number of carbonyl (C=O) groups is 3. The predicted octanol–water partition coefficient (Wildman–Crippen LogP) is 3.75. The molecule has 2 N–H and O–H groups in total. The first kappa shape index (κ1) is 20.4. The van der Waals surface area contributed by atoms with Gasteiger partial charge in [-0.05, 0) is 49.2 Å². The van der Waals surface area contributed by atoms with Crippen LogP contribution in [0, 0.1) is 0 Å². The summed E-state index contributed by atoms with van der Waals surface area (Å²) >= 11 is 9.26. The van der Waals surface area contributed by atoms with E-state index in [0.717, 1.165) is 14.9 Å². The van der Waals surface area contributed by atoms with Gasteiger partial charge in [0.05, 0.1) is 6.04 Å². The van der Waals surface area contributed by atoms with E-state index in [1.807, 2.05) is 31.2 Å². The Labute approximate surface area is 176 Å². The molecule has 4 amide bonds. The number of hydrogen-bond acceptors (Lipinski definition) is 3. The van der Waals surface area contributed by atoms with Gasteiger partial charge in [-0.1, -0.05) is 51.8 Å². The fourth-order valence-electron chi connectivity index (χ4n) is 3.08. The van der Waals surface area contributed by atoms with Crippen LogP contribution in [0.2, 0.25) is 5.02 Å². The van der Waals surface area contributed by atoms with E-state index >= 15 is 0 Å². The van der Waals surface area contributed by atoms with Gasteiger partial charge in [-0.15, -0.1) is 0 Å². The average Bonchev–Trinajstić information content (AvgIpc) is 2.86. The minimum absolute atomic E-state index is 0.260. The summed E-state index contributed by atoms with van der Waals surface area (Å²) in [5, 5.41) is 6.01. The zero-order valence-corrected chi connectivity index (χ0v) is 17.7. The van der Waals surface area contributed by atoms with Gasteiger partial charge in [0.25, 0.3) is 5.91 Å². The average molecular weight is 465 g/mol. The molecular weight excluding hydrogens is 446 g/mol. The maximum Gasteiger partial charge on any atom is 0.325 e. The minimum Gasteiger partial charge on any atom is -0.348 e. The van der Waals surface area contributed by atoms with E-state index < -0.39 is 23.4 Å². The summed E-state index contributed by atoms with van der Waals surface area (Å²) in [6, 6.07) is 13.3. The zero-order valence-electron chi connectivity index (χ0n) is 15.3. The van der Waals surface area contributed by atoms with Gasteiger partial charge >= 0.3 is 6.03 Å². The number of benzene rings is 2. The topological polar surface area (TPSA) is 78.5 Å². The van der Waals surface area contributed by atoms with Gasteiger partial charge in [-0.3, -0.25) is 14.5 Å². The first-order chi connectivity index (χ1) is 13.2. The van der Waals surface area contributed by atoms with Crippen molar-refractivity contribution in [3.8, 4) is 0 Å². The van der Waals surface area contributed by atoms with Crippen molar-refractivity contribution in [2.24, 2.45) is 0 Å². The molecule has 2 atom stereocenters. The van der Waals surface area contributed by atoms with Crippen LogP contribution in [-0.2, 0) is 15.1 Å². The SMILES string of the molecule is CC(NC(=O)CN1C(=O)NC(C)(c2ccc(Cl)cc2)C1=O)c1ccc(Br)cc1. The minimum atomic E-state index is -1.24. The second-order valence-corrected chi connectivity index (χ2v) is 8.15. The third kappa shape index (κ3) is 4.05. The molecule has 0 bridgehead atoms. The molecule has 1 aliphatic rings. The van der Waals surface area contributed by atoms with Crippen molar-refractivity contribution in [2.45, 2.75) is 25.4 Å². The molecule has 28 heavy (non-hydrogen) atoms. The van der Waals surface area contributed by atoms with E-state index in [4.69, 9.17) is 11.6 Å². The van der Waals surface area contributed by atoms with E-state index in [0.29, 0.717) is 10.6 Å². The molecule has 1 heterocycles. The lowest BCUT2D eigenvalue weighted by Crippen LogP contribution is -2.43. The van der Waals surface area contributed by atoms with Crippen LogP contribution >= 0.6 is 27.5 Å². The molecule has 146 valence electrons. The molecule has 1 fully saturated rings. The number of hydrogen-bond donors (Lipinski definition) is 2. The van der Waals surface area contributed by atoms with Gasteiger partial charge in [0, 0.05) is 9.50 Å². The molecule has 2 unspecified atom stereocenters. The molecule has 0 spiro atoms. The normalized spacial score (nSPS) is 20.1. The second-order valence-electron chi connectivity index (χ2n) is 6.79. The van der Waals surface area contributed by atoms with Crippen molar-refractivity contribution in [2.75, 3.05) is 6.54 Å². The Kier molecular flexibility index (Phi) is 5.76. The quantitative estimate of drug-likeness (QED) is 0.662. The van der Waals surface area contributed by atoms with Gasteiger partial charge < -0.3 is 10.6 Å². The summed E-state index contributed by atoms with van der Waals surface area (Å²) in [4.78, 5) is 38.6. The van der Waals surface area contributed by atoms with Crippen LogP contribution in [0.4, 0.5) is 4.79 Å². The molecular formula is C20H19BrClN3O3. The molecule has 3 rings (SSSR count). The Balaban J connectivity index is 1.69. The third-order valence-electron chi connectivity index (χ3n) is 4.75. The first-order valence-electron chi connectivity index (χ1n) is 8.65. The van der Waals surface area contributed by atoms with Crippen LogP contribution in [0.1, 0.15) is 31.0 Å². The lowest BCUT2D eigenvalue weighted by molar-refractivity contribution is -0.135. The van der Waals surface area contributed by atoms with E-state index in [1.54, 1.807) is 31.2 Å². The van der Waals surface area contributed by atoms with Gasteiger partial charge in [0.15, 0.2) is 0 Å². The molecule has 2 aromatic carbocycles. The van der Waals surface area contributed by atoms with Crippen molar-refractivity contribution in [3.05, 3.63) is 69.2 Å². The monoisotopic (exact) mass is 463 g/mol. The molecule has 2 aromatic rings. The molecule has 0 saturated carbocycles. The van der Waals surface area contributed by atoms with Gasteiger partial charge in [0.1, 0.15) is 12.1 Å². The van der Waals surface area contributed by atoms with Gasteiger partial charge in [-0.25, -0.2) is 4.79 Å². The number of urea groups is 1. The Morgan fingerprint density at radius 2 is 1.79 bits per heavy atom. The summed E-state index contributed by atoms with van der Waals surface area (Å²) < 4.78 is 0.940. The number of rotatable bonds is 5. The number of carbonyl (C=O) groups excluding carboxylic acids is 3. The van der Waals surface area contributed by atoms with E-state index in [9.17, 15) is 14.4 Å². The predicted molar refractivity (Wildman–Crippen MR) is 110 cm³/mol. The van der Waals surface area contributed by atoms with Gasteiger partial charge in [-0.2, -0.15) is 0 Å². The van der Waals surface area contributed by atoms with Crippen LogP contribution in [0.15, 0.2) is 53.0 Å². The maximum atomic E-state index is 12.9. The Morgan fingerprint density at radius 1 is 1.18 bits per heavy atom. The summed E-state index contributed by atoms with van der Waals surface area (Å²) in [6.07, 6.45) is 0. The zero-order chi connectivity index (χ0) is 20.5. The Hall–Kier alpha value is -2.38. The maximum absolute atomic E-state index is 12.9. The van der Waals surface area contributed by atoms with E-state index in [-0.39, 0.29) is 12.6 Å². The highest BCUT2D eigenvalue weighted by Gasteiger charge is 2.49. The fourth-order valence-corrected chi connectivity index (χ4v) is 3.48. The second kappa shape index (κ2) is 7.93. The van der Waals surface area contributed by atoms with E-state index in [1.165, 1.54) is 0 Å². The lowest BCUT2D eigenvalue weighted by Gasteiger charge is -2.22. The lowest BCUT2D eigenvalue weighted by atomic mass is 9.92. The summed E-state index contributed by atoms with van der Waals surface area (Å²) in [7, 11) is 0. The number of halogens is 2. The van der Waals surface area contributed by atoms with Crippen molar-refractivity contribution in [1.82, 2.24) is 15.5 Å². The van der Waals surface area contributed by atoms with Crippen molar-refractivity contribution in [3.63, 3.8) is 0 Å². The number of nitrogens with zero attached hydrogens (tertiary/aromatic N) is 1. The molecule has 1 aliphatic heterocycles. The fraction of sp³-hybridized carbons (Fsp3) is 0.250. The Morgan fingerprint density at radius 3 is 2.39 bits per heavy atom. The first-order valence-corrected chi connectivity index (χ1v) is 9.83. The smallest absolute Gasteiger partial charge is 0.325 e. The van der Waals surface area contributed by atoms with Crippen LogP contribution in [-0.4, -0.2) is 29.3 Å². The van der Waals surface area contributed by atoms with Crippen molar-refractivity contribution >= 4 is 45.4 Å². The van der Waals surface area contributed by atoms with Crippen LogP contribution in [0.3, 0.4) is 0 Å². The van der Waals surface area contributed by atoms with Crippen LogP contribution in [0.25, 0.3) is 0 Å². The highest BCUT2D eigenvalue weighted by molar-refractivity contribution is 9.10. The number of imide groups is 1. The van der Waals surface area contributed by atoms with Gasteiger partial charge in [0.2, 0.25) is 5.91 Å². The summed E-state index contributed by atoms with van der Waals surface area (Å²) in [5.74, 6) is -0.898. The highest BCUT2D eigenvalue weighted by atomic mass is 79.9. The van der Waals surface area contributed by atoms with Crippen LogP contribution in [0.5, 0.6) is 0 Å². The molecule has 0 radical (unpaired) electrons. The molecule has 1 saturated heterocycles. The third-order valence-corrected chi connectivity index (χ3v) is 5.53. The molecule has 0 aliphatic carbocycles. The molecule has 0 aromatic heterocycles. The number of amides is 4. The van der Waals surface area contributed by atoms with Crippen molar-refractivity contribution in [1.29, 1.82) is 0 Å². The molecule has 8 heteroatoms.